The van der Waals surface area contributed by atoms with Gasteiger partial charge in [-0.25, -0.2) is 4.98 Å². The molecule has 0 aliphatic carbocycles. The maximum atomic E-state index is 13.5. The van der Waals surface area contributed by atoms with Crippen LogP contribution in [-0.2, 0) is 9.59 Å². The zero-order valence-electron chi connectivity index (χ0n) is 21.0. The number of aromatic nitrogens is 1. The van der Waals surface area contributed by atoms with Crippen LogP contribution >= 0.6 is 11.3 Å². The Balaban J connectivity index is 1.65. The first kappa shape index (κ1) is 25.2. The van der Waals surface area contributed by atoms with E-state index in [1.807, 2.05) is 44.2 Å². The first-order valence-electron chi connectivity index (χ1n) is 12.2. The number of anilines is 1. The van der Waals surface area contributed by atoms with Gasteiger partial charge in [-0.15, -0.1) is 0 Å². The second-order valence-corrected chi connectivity index (χ2v) is 9.77. The molecule has 0 radical (unpaired) electrons. The monoisotopic (exact) mass is 526 g/mol. The van der Waals surface area contributed by atoms with Gasteiger partial charge in [0, 0.05) is 5.56 Å². The van der Waals surface area contributed by atoms with Crippen LogP contribution in [0.15, 0.2) is 85.0 Å². The van der Waals surface area contributed by atoms with Gasteiger partial charge in [-0.1, -0.05) is 66.0 Å². The number of hydrogen-bond donors (Lipinski definition) is 1. The summed E-state index contributed by atoms with van der Waals surface area (Å²) in [5, 5.41) is 11.7. The van der Waals surface area contributed by atoms with Crippen LogP contribution in [0, 0.1) is 6.92 Å². The fraction of sp³-hybridized carbons (Fsp3) is 0.167. The molecule has 1 N–H and O–H groups in total. The predicted octanol–water partition coefficient (Wildman–Crippen LogP) is 6.19. The van der Waals surface area contributed by atoms with Gasteiger partial charge in [-0.2, -0.15) is 0 Å². The molecule has 7 nitrogen and oxygen atoms in total. The molecule has 4 aromatic rings. The van der Waals surface area contributed by atoms with Gasteiger partial charge in [0.15, 0.2) is 5.13 Å². The molecule has 1 atom stereocenters. The molecule has 1 saturated heterocycles. The summed E-state index contributed by atoms with van der Waals surface area (Å²) in [5.74, 6) is -0.438. The highest BCUT2D eigenvalue weighted by Crippen LogP contribution is 2.45. The third-order valence-electron chi connectivity index (χ3n) is 6.20. The molecule has 3 aromatic carbocycles. The van der Waals surface area contributed by atoms with Gasteiger partial charge in [0.25, 0.3) is 5.78 Å². The van der Waals surface area contributed by atoms with Crippen LogP contribution in [0.5, 0.6) is 11.5 Å². The molecule has 1 aliphatic rings. The topological polar surface area (TPSA) is 89.0 Å². The van der Waals surface area contributed by atoms with Crippen molar-refractivity contribution < 1.29 is 24.2 Å². The van der Waals surface area contributed by atoms with E-state index in [0.717, 1.165) is 10.3 Å². The number of hydrogen-bond acceptors (Lipinski definition) is 7. The quantitative estimate of drug-likeness (QED) is 0.127. The maximum absolute atomic E-state index is 13.5. The van der Waals surface area contributed by atoms with Crippen molar-refractivity contribution in [3.63, 3.8) is 0 Å². The molecule has 1 aliphatic heterocycles. The van der Waals surface area contributed by atoms with E-state index < -0.39 is 17.7 Å². The number of aryl methyl sites for hydroxylation is 1. The molecular weight excluding hydrogens is 500 g/mol. The number of carbonyl (C=O) groups excluding carboxylic acids is 2. The normalized spacial score (nSPS) is 16.7. The number of thiazole rings is 1. The number of aliphatic hydroxyl groups is 1. The molecule has 0 bridgehead atoms. The minimum absolute atomic E-state index is 0.00729. The van der Waals surface area contributed by atoms with Crippen molar-refractivity contribution in [2.75, 3.05) is 18.1 Å². The summed E-state index contributed by atoms with van der Waals surface area (Å²) in [4.78, 5) is 32.9. The Bertz CT molecular complexity index is 1550. The minimum Gasteiger partial charge on any atom is -0.507 e. The number of fused-ring (bicyclic) bond motifs is 1. The molecule has 8 heteroatoms. The molecule has 192 valence electrons. The molecule has 5 rings (SSSR count). The highest BCUT2D eigenvalue weighted by Gasteiger charge is 2.48. The lowest BCUT2D eigenvalue weighted by Gasteiger charge is -2.23. The molecule has 0 saturated carbocycles. The lowest BCUT2D eigenvalue weighted by molar-refractivity contribution is -0.132. The van der Waals surface area contributed by atoms with Crippen LogP contribution in [0.2, 0.25) is 0 Å². The molecule has 2 heterocycles. The van der Waals surface area contributed by atoms with E-state index in [1.165, 1.54) is 16.2 Å². The first-order chi connectivity index (χ1) is 18.4. The van der Waals surface area contributed by atoms with Gasteiger partial charge in [0.1, 0.15) is 23.9 Å². The second-order valence-electron chi connectivity index (χ2n) is 8.76. The summed E-state index contributed by atoms with van der Waals surface area (Å²) in [6, 6.07) is 18.9. The van der Waals surface area contributed by atoms with Gasteiger partial charge in [0.05, 0.1) is 28.4 Å². The third kappa shape index (κ3) is 4.66. The summed E-state index contributed by atoms with van der Waals surface area (Å²) in [6.45, 7) is 8.37. The number of nitrogens with zero attached hydrogens (tertiary/aromatic N) is 2. The number of amides is 1. The maximum Gasteiger partial charge on any atom is 0.301 e. The Kier molecular flexibility index (Phi) is 6.98. The average Bonchev–Trinajstić information content (AvgIpc) is 3.45. The lowest BCUT2D eigenvalue weighted by atomic mass is 9.95. The fourth-order valence-corrected chi connectivity index (χ4v) is 5.39. The van der Waals surface area contributed by atoms with E-state index >= 15 is 0 Å². The Hall–Kier alpha value is -4.43. The highest BCUT2D eigenvalue weighted by molar-refractivity contribution is 7.22. The summed E-state index contributed by atoms with van der Waals surface area (Å²) < 4.78 is 12.0. The summed E-state index contributed by atoms with van der Waals surface area (Å²) in [5.41, 5.74) is 2.79. The number of carbonyl (C=O) groups is 2. The Morgan fingerprint density at radius 3 is 2.45 bits per heavy atom. The van der Waals surface area contributed by atoms with Crippen LogP contribution in [-0.4, -0.2) is 35.0 Å². The standard InChI is InChI=1S/C30H26N2O5S/c1-4-16-37-21-12-10-19(11-13-21)26-25(27(33)20-8-6-18(3)7-9-20)28(34)29(35)32(26)30-31-23-15-14-22(36-5-2)17-24(23)38-30/h4,6-15,17,26,33H,1,5,16H2,2-3H3/b27-25+. The van der Waals surface area contributed by atoms with E-state index in [-0.39, 0.29) is 11.3 Å². The third-order valence-corrected chi connectivity index (χ3v) is 7.22. The molecular formula is C30H26N2O5S. The summed E-state index contributed by atoms with van der Waals surface area (Å²) in [7, 11) is 0. The SMILES string of the molecule is C=CCOc1ccc(C2/C(=C(\O)c3ccc(C)cc3)C(=O)C(=O)N2c2nc3ccc(OCC)cc3s2)cc1. The molecule has 1 aromatic heterocycles. The molecule has 38 heavy (non-hydrogen) atoms. The zero-order valence-corrected chi connectivity index (χ0v) is 21.8. The first-order valence-corrected chi connectivity index (χ1v) is 13.0. The second kappa shape index (κ2) is 10.5. The van der Waals surface area contributed by atoms with Crippen LogP contribution in [0.25, 0.3) is 16.0 Å². The minimum atomic E-state index is -0.878. The fourth-order valence-electron chi connectivity index (χ4n) is 4.37. The summed E-state index contributed by atoms with van der Waals surface area (Å²) >= 11 is 1.29. The van der Waals surface area contributed by atoms with Gasteiger partial charge in [0.2, 0.25) is 0 Å². The number of ketones is 1. The van der Waals surface area contributed by atoms with E-state index in [0.29, 0.717) is 46.5 Å². The molecule has 1 amide bonds. The Morgan fingerprint density at radius 2 is 1.76 bits per heavy atom. The van der Waals surface area contributed by atoms with Crippen molar-refractivity contribution in [2.24, 2.45) is 0 Å². The van der Waals surface area contributed by atoms with Crippen LogP contribution in [0.4, 0.5) is 5.13 Å². The van der Waals surface area contributed by atoms with Crippen molar-refractivity contribution in [1.82, 2.24) is 4.98 Å². The van der Waals surface area contributed by atoms with Crippen molar-refractivity contribution in [1.29, 1.82) is 0 Å². The van der Waals surface area contributed by atoms with Gasteiger partial charge in [-0.05, 0) is 49.7 Å². The Labute approximate surface area is 224 Å². The zero-order chi connectivity index (χ0) is 26.8. The van der Waals surface area contributed by atoms with E-state index in [9.17, 15) is 14.7 Å². The Morgan fingerprint density at radius 1 is 1.05 bits per heavy atom. The van der Waals surface area contributed by atoms with Crippen molar-refractivity contribution >= 4 is 44.1 Å². The largest absolute Gasteiger partial charge is 0.507 e. The van der Waals surface area contributed by atoms with Gasteiger partial charge >= 0.3 is 5.91 Å². The number of aliphatic hydroxyl groups excluding tert-OH is 1. The highest BCUT2D eigenvalue weighted by atomic mass is 32.1. The predicted molar refractivity (Wildman–Crippen MR) is 149 cm³/mol. The number of ether oxygens (including phenoxy) is 2. The van der Waals surface area contributed by atoms with E-state index in [2.05, 4.69) is 11.6 Å². The molecule has 0 spiro atoms. The van der Waals surface area contributed by atoms with Crippen LogP contribution in [0.1, 0.15) is 29.7 Å². The van der Waals surface area contributed by atoms with Gasteiger partial charge in [-0.3, -0.25) is 14.5 Å². The lowest BCUT2D eigenvalue weighted by Crippen LogP contribution is -2.29. The van der Waals surface area contributed by atoms with Crippen LogP contribution in [0.3, 0.4) is 0 Å². The van der Waals surface area contributed by atoms with Gasteiger partial charge < -0.3 is 14.6 Å². The van der Waals surface area contributed by atoms with Crippen molar-refractivity contribution in [3.05, 3.63) is 102 Å². The molecule has 1 unspecified atom stereocenters. The van der Waals surface area contributed by atoms with Crippen molar-refractivity contribution in [2.45, 2.75) is 19.9 Å². The average molecular weight is 527 g/mol. The van der Waals surface area contributed by atoms with E-state index in [1.54, 1.807) is 42.5 Å². The smallest absolute Gasteiger partial charge is 0.301 e. The number of rotatable bonds is 8. The molecule has 1 fully saturated rings. The van der Waals surface area contributed by atoms with E-state index in [4.69, 9.17) is 9.47 Å². The number of Topliss-reactive ketones (excluding diaryl/α,β-unsaturated/α-hetero) is 1. The van der Waals surface area contributed by atoms with Crippen molar-refractivity contribution in [3.8, 4) is 11.5 Å². The van der Waals surface area contributed by atoms with Crippen LogP contribution < -0.4 is 14.4 Å². The number of benzene rings is 3. The summed E-state index contributed by atoms with van der Waals surface area (Å²) in [6.07, 6.45) is 1.65.